The summed E-state index contributed by atoms with van der Waals surface area (Å²) in [6.45, 7) is 11.9. The van der Waals surface area contributed by atoms with Gasteiger partial charge in [-0.25, -0.2) is 0 Å². The van der Waals surface area contributed by atoms with E-state index in [-0.39, 0.29) is 12.0 Å². The molecule has 0 aliphatic carbocycles. The van der Waals surface area contributed by atoms with Crippen molar-refractivity contribution in [1.82, 2.24) is 10.2 Å². The van der Waals surface area contributed by atoms with Gasteiger partial charge in [0.25, 0.3) is 0 Å². The Bertz CT molecular complexity index is 481. The van der Waals surface area contributed by atoms with Crippen LogP contribution in [0.4, 0.5) is 0 Å². The van der Waals surface area contributed by atoms with Gasteiger partial charge in [0.15, 0.2) is 0 Å². The van der Waals surface area contributed by atoms with Gasteiger partial charge in [-0.2, -0.15) is 0 Å². The molecule has 0 saturated heterocycles. The van der Waals surface area contributed by atoms with Gasteiger partial charge in [-0.3, -0.25) is 9.69 Å². The molecule has 0 aromatic carbocycles. The van der Waals surface area contributed by atoms with E-state index in [1.54, 1.807) is 0 Å². The van der Waals surface area contributed by atoms with Crippen LogP contribution in [0.15, 0.2) is 0 Å². The third-order valence-electron chi connectivity index (χ3n) is 8.34. The predicted molar refractivity (Wildman–Crippen MR) is 168 cm³/mol. The van der Waals surface area contributed by atoms with Gasteiger partial charge in [-0.15, -0.1) is 0 Å². The summed E-state index contributed by atoms with van der Waals surface area (Å²) in [5.41, 5.74) is 0. The van der Waals surface area contributed by atoms with Crippen LogP contribution in [0.2, 0.25) is 0 Å². The van der Waals surface area contributed by atoms with Crippen molar-refractivity contribution in [2.24, 2.45) is 0 Å². The smallest absolute Gasteiger partial charge is 0.219 e. The van der Waals surface area contributed by atoms with Crippen molar-refractivity contribution in [2.75, 3.05) is 19.6 Å². The number of nitrogens with zero attached hydrogens (tertiary/aromatic N) is 1. The van der Waals surface area contributed by atoms with Crippen LogP contribution in [-0.4, -0.2) is 47.7 Å². The van der Waals surface area contributed by atoms with Crippen molar-refractivity contribution >= 4 is 5.91 Å². The average Bonchev–Trinajstić information content (AvgIpc) is 2.92. The SMILES string of the molecule is CCCCCCCCCCCCNC(=O)CCCCCCCC(O)C(CCCCCCCC)N(CC)CC. The van der Waals surface area contributed by atoms with Gasteiger partial charge in [0.2, 0.25) is 5.91 Å². The first-order valence-electron chi connectivity index (χ1n) is 17.3. The van der Waals surface area contributed by atoms with E-state index in [1.165, 1.54) is 109 Å². The number of aliphatic hydroxyl groups excluding tert-OH is 1. The molecule has 0 heterocycles. The number of amides is 1. The zero-order valence-electron chi connectivity index (χ0n) is 26.5. The number of nitrogens with one attached hydrogen (secondary N) is 1. The number of unbranched alkanes of at least 4 members (excludes halogenated alkanes) is 18. The summed E-state index contributed by atoms with van der Waals surface area (Å²) in [5, 5.41) is 14.1. The quantitative estimate of drug-likeness (QED) is 0.0895. The van der Waals surface area contributed by atoms with Crippen molar-refractivity contribution < 1.29 is 9.90 Å². The molecule has 228 valence electrons. The summed E-state index contributed by atoms with van der Waals surface area (Å²) in [4.78, 5) is 14.6. The Morgan fingerprint density at radius 1 is 0.579 bits per heavy atom. The maximum atomic E-state index is 12.1. The van der Waals surface area contributed by atoms with Gasteiger partial charge >= 0.3 is 0 Å². The summed E-state index contributed by atoms with van der Waals surface area (Å²) >= 11 is 0. The Labute approximate surface area is 239 Å². The second-order valence-corrected chi connectivity index (χ2v) is 11.8. The highest BCUT2D eigenvalue weighted by molar-refractivity contribution is 5.75. The summed E-state index contributed by atoms with van der Waals surface area (Å²) in [6.07, 6.45) is 29.3. The van der Waals surface area contributed by atoms with Crippen LogP contribution in [0.25, 0.3) is 0 Å². The third-order valence-corrected chi connectivity index (χ3v) is 8.34. The minimum atomic E-state index is -0.206. The fourth-order valence-electron chi connectivity index (χ4n) is 5.74. The van der Waals surface area contributed by atoms with Crippen molar-refractivity contribution in [3.63, 3.8) is 0 Å². The van der Waals surface area contributed by atoms with Gasteiger partial charge in [-0.05, 0) is 38.8 Å². The summed E-state index contributed by atoms with van der Waals surface area (Å²) < 4.78 is 0. The molecule has 4 heteroatoms. The number of hydrogen-bond acceptors (Lipinski definition) is 3. The van der Waals surface area contributed by atoms with E-state index in [9.17, 15) is 9.90 Å². The number of aliphatic hydroxyl groups is 1. The summed E-state index contributed by atoms with van der Waals surface area (Å²) in [6, 6.07) is 0.315. The Hall–Kier alpha value is -0.610. The second-order valence-electron chi connectivity index (χ2n) is 11.8. The molecule has 0 radical (unpaired) electrons. The number of hydrogen-bond donors (Lipinski definition) is 2. The van der Waals surface area contributed by atoms with Crippen LogP contribution < -0.4 is 5.32 Å². The standard InChI is InChI=1S/C34H70N2O2/c1-5-9-11-13-15-16-17-18-23-27-31-35-34(38)30-26-22-19-21-25-29-33(37)32(36(7-3)8-4)28-24-20-14-12-10-6-2/h32-33,37H,5-31H2,1-4H3,(H,35,38). The van der Waals surface area contributed by atoms with Crippen molar-refractivity contribution in [3.05, 3.63) is 0 Å². The molecule has 2 atom stereocenters. The Kier molecular flexibility index (Phi) is 28.9. The van der Waals surface area contributed by atoms with E-state index >= 15 is 0 Å². The van der Waals surface area contributed by atoms with Gasteiger partial charge in [0, 0.05) is 19.0 Å². The second kappa shape index (κ2) is 29.4. The van der Waals surface area contributed by atoms with Crippen molar-refractivity contribution in [3.8, 4) is 0 Å². The first-order chi connectivity index (χ1) is 18.6. The third kappa shape index (κ3) is 23.3. The lowest BCUT2D eigenvalue weighted by Gasteiger charge is -2.33. The highest BCUT2D eigenvalue weighted by atomic mass is 16.3. The zero-order valence-corrected chi connectivity index (χ0v) is 26.5. The largest absolute Gasteiger partial charge is 0.391 e. The zero-order chi connectivity index (χ0) is 28.1. The molecule has 0 saturated carbocycles. The average molecular weight is 539 g/mol. The van der Waals surface area contributed by atoms with E-state index in [4.69, 9.17) is 0 Å². The van der Waals surface area contributed by atoms with Crippen LogP contribution in [0.1, 0.15) is 182 Å². The van der Waals surface area contributed by atoms with Gasteiger partial charge < -0.3 is 10.4 Å². The first kappa shape index (κ1) is 37.4. The van der Waals surface area contributed by atoms with Crippen LogP contribution in [-0.2, 0) is 4.79 Å². The maximum absolute atomic E-state index is 12.1. The molecule has 0 spiro atoms. The minimum Gasteiger partial charge on any atom is -0.391 e. The Morgan fingerprint density at radius 3 is 1.50 bits per heavy atom. The fraction of sp³-hybridized carbons (Fsp3) is 0.971. The van der Waals surface area contributed by atoms with Crippen LogP contribution >= 0.6 is 0 Å². The predicted octanol–water partition coefficient (Wildman–Crippen LogP) is 9.58. The van der Waals surface area contributed by atoms with Gasteiger partial charge in [0.05, 0.1) is 6.10 Å². The van der Waals surface area contributed by atoms with Crippen molar-refractivity contribution in [2.45, 2.75) is 194 Å². The molecule has 4 nitrogen and oxygen atoms in total. The number of rotatable bonds is 30. The molecule has 0 aromatic rings. The molecule has 0 aliphatic rings. The molecule has 0 aliphatic heterocycles. The highest BCUT2D eigenvalue weighted by Crippen LogP contribution is 2.19. The normalized spacial score (nSPS) is 13.2. The van der Waals surface area contributed by atoms with Crippen LogP contribution in [0.3, 0.4) is 0 Å². The van der Waals surface area contributed by atoms with E-state index in [1.807, 2.05) is 0 Å². The lowest BCUT2D eigenvalue weighted by Crippen LogP contribution is -2.43. The molecule has 1 amide bonds. The summed E-state index contributed by atoms with van der Waals surface area (Å²) in [5.74, 6) is 0.230. The molecular weight excluding hydrogens is 468 g/mol. The molecule has 0 rings (SSSR count). The van der Waals surface area contributed by atoms with Crippen LogP contribution in [0, 0.1) is 0 Å². The topological polar surface area (TPSA) is 52.6 Å². The number of carbonyl (C=O) groups excluding carboxylic acids is 1. The van der Waals surface area contributed by atoms with E-state index < -0.39 is 0 Å². The van der Waals surface area contributed by atoms with E-state index in [0.717, 1.165) is 58.2 Å². The van der Waals surface area contributed by atoms with Gasteiger partial charge in [0.1, 0.15) is 0 Å². The molecular formula is C34H70N2O2. The molecule has 0 bridgehead atoms. The molecule has 38 heavy (non-hydrogen) atoms. The van der Waals surface area contributed by atoms with Crippen molar-refractivity contribution in [1.29, 1.82) is 0 Å². The maximum Gasteiger partial charge on any atom is 0.219 e. The van der Waals surface area contributed by atoms with Crippen LogP contribution in [0.5, 0.6) is 0 Å². The lowest BCUT2D eigenvalue weighted by molar-refractivity contribution is -0.121. The first-order valence-corrected chi connectivity index (χ1v) is 17.3. The molecule has 0 aromatic heterocycles. The monoisotopic (exact) mass is 539 g/mol. The Morgan fingerprint density at radius 2 is 1.00 bits per heavy atom. The number of likely N-dealkylation sites (N-methyl/N-ethyl adjacent to an activating group) is 1. The summed E-state index contributed by atoms with van der Waals surface area (Å²) in [7, 11) is 0. The fourth-order valence-corrected chi connectivity index (χ4v) is 5.74. The minimum absolute atomic E-state index is 0.206. The van der Waals surface area contributed by atoms with E-state index in [0.29, 0.717) is 12.5 Å². The molecule has 2 N–H and O–H groups in total. The molecule has 2 unspecified atom stereocenters. The number of carbonyl (C=O) groups is 1. The van der Waals surface area contributed by atoms with E-state index in [2.05, 4.69) is 37.9 Å². The van der Waals surface area contributed by atoms with Gasteiger partial charge in [-0.1, -0.05) is 150 Å². The molecule has 0 fully saturated rings. The Balaban J connectivity index is 3.74. The highest BCUT2D eigenvalue weighted by Gasteiger charge is 2.23. The lowest BCUT2D eigenvalue weighted by atomic mass is 9.96.